The van der Waals surface area contributed by atoms with Gasteiger partial charge in [-0.05, 0) is 175 Å². The summed E-state index contributed by atoms with van der Waals surface area (Å²) in [5.41, 5.74) is 36.2. The van der Waals surface area contributed by atoms with E-state index in [9.17, 15) is 0 Å². The number of benzene rings is 18. The first-order valence-electron chi connectivity index (χ1n) is 39.5. The van der Waals surface area contributed by atoms with Crippen molar-refractivity contribution in [2.45, 2.75) is 0 Å². The second-order valence-electron chi connectivity index (χ2n) is 30.6. The van der Waals surface area contributed by atoms with Crippen LogP contribution in [0, 0.1) is 0 Å². The van der Waals surface area contributed by atoms with Crippen LogP contribution in [0.5, 0.6) is 0 Å². The Morgan fingerprint density at radius 3 is 0.877 bits per heavy atom. The molecule has 0 unspecified atom stereocenters. The topological polar surface area (TPSA) is 20.8 Å². The van der Waals surface area contributed by atoms with Crippen LogP contribution in [0.15, 0.2) is 413 Å². The number of anilines is 6. The van der Waals surface area contributed by atoms with Crippen LogP contribution in [-0.2, 0) is 0 Å². The van der Waals surface area contributed by atoms with Crippen molar-refractivity contribution in [1.82, 2.24) is 13.5 Å². The van der Waals surface area contributed by atoms with Crippen LogP contribution in [0.25, 0.3) is 171 Å². The molecule has 5 nitrogen and oxygen atoms in total. The van der Waals surface area contributed by atoms with Gasteiger partial charge in [0.2, 0.25) is 0 Å². The summed E-state index contributed by atoms with van der Waals surface area (Å²) in [6, 6.07) is 155. The van der Waals surface area contributed by atoms with E-state index in [0.717, 1.165) is 145 Å². The zero-order chi connectivity index (χ0) is 74.6. The minimum atomic E-state index is -0.314. The third kappa shape index (κ3) is 9.62. The minimum Gasteiger partial charge on any atom is -0.310 e. The molecule has 0 atom stereocenters. The first kappa shape index (κ1) is 63.9. The lowest BCUT2D eigenvalue weighted by atomic mass is 9.33. The van der Waals surface area contributed by atoms with Crippen molar-refractivity contribution in [2.75, 3.05) is 9.80 Å². The van der Waals surface area contributed by atoms with E-state index in [1.165, 1.54) is 76.0 Å². The van der Waals surface area contributed by atoms with Crippen molar-refractivity contribution in [3.05, 3.63) is 413 Å². The van der Waals surface area contributed by atoms with E-state index in [4.69, 9.17) is 0 Å². The molecule has 0 bridgehead atoms. The summed E-state index contributed by atoms with van der Waals surface area (Å²) in [5, 5.41) is 9.82. The van der Waals surface area contributed by atoms with Crippen molar-refractivity contribution in [1.29, 1.82) is 0 Å². The van der Waals surface area contributed by atoms with Gasteiger partial charge in [0.1, 0.15) is 0 Å². The molecule has 0 spiro atoms. The highest BCUT2D eigenvalue weighted by atomic mass is 15.2. The lowest BCUT2D eigenvalue weighted by Crippen LogP contribution is -2.61. The van der Waals surface area contributed by atoms with Crippen molar-refractivity contribution >= 4 is 139 Å². The van der Waals surface area contributed by atoms with Crippen LogP contribution in [0.3, 0.4) is 0 Å². The van der Waals surface area contributed by atoms with Gasteiger partial charge in [-0.2, -0.15) is 0 Å². The predicted octanol–water partition coefficient (Wildman–Crippen LogP) is 26.8. The molecule has 114 heavy (non-hydrogen) atoms. The molecule has 18 aromatic carbocycles. The molecule has 0 amide bonds. The Morgan fingerprint density at radius 2 is 0.491 bits per heavy atom. The average molecular weight is 1450 g/mol. The molecule has 0 N–H and O–H groups in total. The smallest absolute Gasteiger partial charge is 0.252 e. The lowest BCUT2D eigenvalue weighted by Gasteiger charge is -2.46. The Morgan fingerprint density at radius 1 is 0.184 bits per heavy atom. The van der Waals surface area contributed by atoms with Gasteiger partial charge in [-0.3, -0.25) is 0 Å². The highest BCUT2D eigenvalue weighted by molar-refractivity contribution is 7.00. The molecule has 528 valence electrons. The third-order valence-corrected chi connectivity index (χ3v) is 24.5. The quantitative estimate of drug-likeness (QED) is 0.120. The largest absolute Gasteiger partial charge is 0.310 e. The van der Waals surface area contributed by atoms with Crippen LogP contribution in [-0.4, -0.2) is 20.2 Å². The number of rotatable bonds is 11. The van der Waals surface area contributed by atoms with E-state index in [1.54, 1.807) is 0 Å². The number of hydrogen-bond donors (Lipinski definition) is 0. The number of nitrogens with zero attached hydrogens (tertiary/aromatic N) is 5. The zero-order valence-corrected chi connectivity index (χ0v) is 62.1. The summed E-state index contributed by atoms with van der Waals surface area (Å²) in [4.78, 5) is 5.45. The fourth-order valence-electron chi connectivity index (χ4n) is 19.6. The molecule has 0 radical (unpaired) electrons. The third-order valence-electron chi connectivity index (χ3n) is 24.5. The van der Waals surface area contributed by atoms with Gasteiger partial charge < -0.3 is 23.3 Å². The number of para-hydroxylation sites is 6. The number of fused-ring (bicyclic) bond motifs is 16. The van der Waals surface area contributed by atoms with Gasteiger partial charge in [0.05, 0.1) is 50.0 Å². The maximum atomic E-state index is 2.72. The highest BCUT2D eigenvalue weighted by Crippen LogP contribution is 2.56. The Kier molecular flexibility index (Phi) is 14.2. The molecule has 4 aromatic heterocycles. The zero-order valence-electron chi connectivity index (χ0n) is 62.1. The van der Waals surface area contributed by atoms with Crippen LogP contribution < -0.4 is 26.2 Å². The van der Waals surface area contributed by atoms with E-state index < -0.39 is 0 Å². The van der Waals surface area contributed by atoms with E-state index in [2.05, 4.69) is 436 Å². The lowest BCUT2D eigenvalue weighted by molar-refractivity contribution is 1.17. The number of aromatic nitrogens is 3. The SMILES string of the molecule is c1ccc(-c2cc(-c3ccccc3)c(N3c4cc(-n5c6ccccc6c6ccccc65)ccc4B4c5ccc(-n6c7ccccc7c7ccccc76)cc5N(c5c(-c6ccccc6)cc(-c6ccccc6)cc5-c5ccccc5)c5cc(-c6ccc7c(c6)c6cccc8c9ccccc9n7c86)cc3c54)c(-c3ccccc3)c2)cc1. The second-order valence-corrected chi connectivity index (χ2v) is 30.6. The molecule has 24 rings (SSSR count). The summed E-state index contributed by atoms with van der Waals surface area (Å²) in [6.07, 6.45) is 0. The molecular formula is C108H68BN5. The van der Waals surface area contributed by atoms with Gasteiger partial charge in [-0.15, -0.1) is 0 Å². The Bertz CT molecular complexity index is 7070. The van der Waals surface area contributed by atoms with Gasteiger partial charge >= 0.3 is 0 Å². The standard InChI is InChI=1S/C108H68BN5/c1-7-30-69(31-8-1)76-61-88(71-34-11-3-12-35-71)107(89(62-76)72-36-13-4-14-37-72)113-101-67-79(110-95-49-24-19-42-81(95)82-43-20-25-50-96(82)110)55-57-93(101)109-94-58-56-80(111-97-51-26-21-44-83(97)84-45-22-27-52-98(84)111)68-102(94)114(108-90(73-38-15-5-16-39-73)63-77(70-32-9-2-10-33-70)64-91(108)74-40-17-6-18-41-74)104-66-78(65-103(113)105(104)109)75-54-59-100-92(60-75)87-48-29-47-86-85-46-23-28-53-99(85)112(100)106(86)87/h1-68H. The van der Waals surface area contributed by atoms with Crippen LogP contribution >= 0.6 is 0 Å². The van der Waals surface area contributed by atoms with Gasteiger partial charge in [-0.1, -0.05) is 309 Å². The van der Waals surface area contributed by atoms with Gasteiger partial charge in [-0.25, -0.2) is 0 Å². The molecular weight excluding hydrogens is 1380 g/mol. The van der Waals surface area contributed by atoms with Crippen molar-refractivity contribution in [3.63, 3.8) is 0 Å². The Hall–Kier alpha value is -15.0. The summed E-state index contributed by atoms with van der Waals surface area (Å²) >= 11 is 0. The molecule has 0 fully saturated rings. The minimum absolute atomic E-state index is 0.314. The van der Waals surface area contributed by atoms with Crippen LogP contribution in [0.1, 0.15) is 0 Å². The first-order valence-corrected chi connectivity index (χ1v) is 39.5. The van der Waals surface area contributed by atoms with Crippen molar-refractivity contribution in [3.8, 4) is 89.3 Å². The van der Waals surface area contributed by atoms with Crippen LogP contribution in [0.4, 0.5) is 34.1 Å². The molecule has 6 heterocycles. The predicted molar refractivity (Wildman–Crippen MR) is 482 cm³/mol. The molecule has 0 aliphatic carbocycles. The summed E-state index contributed by atoms with van der Waals surface area (Å²) in [5.74, 6) is 0. The Balaban J connectivity index is 0.895. The maximum Gasteiger partial charge on any atom is 0.252 e. The Labute approximate surface area is 659 Å². The van der Waals surface area contributed by atoms with E-state index in [1.807, 2.05) is 0 Å². The highest BCUT2D eigenvalue weighted by Gasteiger charge is 2.46. The molecule has 0 saturated carbocycles. The molecule has 22 aromatic rings. The van der Waals surface area contributed by atoms with E-state index in [-0.39, 0.29) is 6.71 Å². The molecule has 2 aliphatic heterocycles. The monoisotopic (exact) mass is 1450 g/mol. The second kappa shape index (κ2) is 25.3. The summed E-state index contributed by atoms with van der Waals surface area (Å²) in [6.45, 7) is -0.314. The molecule has 0 saturated heterocycles. The number of hydrogen-bond acceptors (Lipinski definition) is 2. The molecule has 2 aliphatic rings. The molecule has 6 heteroatoms. The normalized spacial score (nSPS) is 12.5. The van der Waals surface area contributed by atoms with Crippen molar-refractivity contribution < 1.29 is 0 Å². The fourth-order valence-corrected chi connectivity index (χ4v) is 19.6. The summed E-state index contributed by atoms with van der Waals surface area (Å²) in [7, 11) is 0. The van der Waals surface area contributed by atoms with Gasteiger partial charge in [0, 0.05) is 99.5 Å². The maximum absolute atomic E-state index is 2.72. The fraction of sp³-hybridized carbons (Fsp3) is 0. The van der Waals surface area contributed by atoms with Gasteiger partial charge in [0.25, 0.3) is 6.71 Å². The van der Waals surface area contributed by atoms with E-state index in [0.29, 0.717) is 0 Å². The van der Waals surface area contributed by atoms with Crippen LogP contribution in [0.2, 0.25) is 0 Å². The van der Waals surface area contributed by atoms with E-state index >= 15 is 0 Å². The average Bonchev–Trinajstić information content (AvgIpc) is 0.830. The van der Waals surface area contributed by atoms with Crippen molar-refractivity contribution in [2.24, 2.45) is 0 Å². The summed E-state index contributed by atoms with van der Waals surface area (Å²) < 4.78 is 7.51. The van der Waals surface area contributed by atoms with Gasteiger partial charge in [0.15, 0.2) is 0 Å². The first-order chi connectivity index (χ1) is 56.6.